The summed E-state index contributed by atoms with van der Waals surface area (Å²) in [5, 5.41) is -0.506. The van der Waals surface area contributed by atoms with Crippen LogP contribution in [0.5, 0.6) is 0 Å². The number of rotatable bonds is 5. The predicted octanol–water partition coefficient (Wildman–Crippen LogP) is 1.98. The fourth-order valence-corrected chi connectivity index (χ4v) is 3.89. The van der Waals surface area contributed by atoms with E-state index < -0.39 is 21.2 Å². The number of sulfonamides is 1. The molecule has 17 heavy (non-hydrogen) atoms. The molecule has 1 atom stereocenters. The zero-order valence-electron chi connectivity index (χ0n) is 10.7. The van der Waals surface area contributed by atoms with E-state index in [0.717, 1.165) is 12.8 Å². The van der Waals surface area contributed by atoms with Crippen molar-refractivity contribution in [2.24, 2.45) is 5.92 Å². The summed E-state index contributed by atoms with van der Waals surface area (Å²) in [6, 6.07) is 0. The summed E-state index contributed by atoms with van der Waals surface area (Å²) in [7, 11) is -3.55. The minimum absolute atomic E-state index is 0.00265. The molecule has 1 aliphatic carbocycles. The largest absolute Gasteiger partial charge is 0.269 e. The van der Waals surface area contributed by atoms with Gasteiger partial charge in [0.05, 0.1) is 5.25 Å². The molecule has 5 heteroatoms. The monoisotopic (exact) mass is 259 g/mol. The van der Waals surface area contributed by atoms with Gasteiger partial charge in [-0.05, 0) is 31.6 Å². The number of allylic oxidation sites excluding steroid dienone is 1. The van der Waals surface area contributed by atoms with E-state index in [4.69, 9.17) is 0 Å². The topological polar surface area (TPSA) is 63.2 Å². The first-order chi connectivity index (χ1) is 7.88. The van der Waals surface area contributed by atoms with E-state index in [1.807, 2.05) is 26.8 Å². The molecule has 0 unspecified atom stereocenters. The molecule has 98 valence electrons. The molecule has 1 rings (SSSR count). The molecular weight excluding hydrogens is 238 g/mol. The SMILES string of the molecule is CC[C@@H](C(C)C)S(=O)(=O)NC(=O)C1=CCCC1. The molecule has 1 N–H and O–H groups in total. The molecule has 0 saturated heterocycles. The second-order valence-corrected chi connectivity index (χ2v) is 6.69. The minimum atomic E-state index is -3.55. The normalized spacial score (nSPS) is 18.0. The zero-order chi connectivity index (χ0) is 13.1. The summed E-state index contributed by atoms with van der Waals surface area (Å²) in [5.41, 5.74) is 0.604. The van der Waals surface area contributed by atoms with Crippen molar-refractivity contribution in [2.75, 3.05) is 0 Å². The third kappa shape index (κ3) is 3.56. The molecular formula is C12H21NO3S. The van der Waals surface area contributed by atoms with Crippen molar-refractivity contribution in [3.05, 3.63) is 11.6 Å². The fraction of sp³-hybridized carbons (Fsp3) is 0.750. The van der Waals surface area contributed by atoms with Gasteiger partial charge in [-0.3, -0.25) is 4.79 Å². The van der Waals surface area contributed by atoms with E-state index in [1.54, 1.807) is 0 Å². The van der Waals surface area contributed by atoms with Crippen molar-refractivity contribution in [3.8, 4) is 0 Å². The molecule has 0 spiro atoms. The average Bonchev–Trinajstić information content (AvgIpc) is 2.68. The third-order valence-electron chi connectivity index (χ3n) is 3.11. The summed E-state index contributed by atoms with van der Waals surface area (Å²) in [4.78, 5) is 11.7. The van der Waals surface area contributed by atoms with Crippen LogP contribution in [0.25, 0.3) is 0 Å². The molecule has 0 heterocycles. The lowest BCUT2D eigenvalue weighted by Gasteiger charge is -2.19. The maximum absolute atomic E-state index is 12.0. The van der Waals surface area contributed by atoms with Crippen molar-refractivity contribution in [3.63, 3.8) is 0 Å². The van der Waals surface area contributed by atoms with Crippen molar-refractivity contribution in [2.45, 2.75) is 51.7 Å². The Morgan fingerprint density at radius 2 is 2.12 bits per heavy atom. The van der Waals surface area contributed by atoms with Crippen LogP contribution in [-0.4, -0.2) is 19.6 Å². The first-order valence-corrected chi connectivity index (χ1v) is 7.68. The highest BCUT2D eigenvalue weighted by Crippen LogP contribution is 2.19. The second-order valence-electron chi connectivity index (χ2n) is 4.79. The molecule has 0 aliphatic heterocycles. The fourth-order valence-electron chi connectivity index (χ4n) is 2.20. The van der Waals surface area contributed by atoms with Crippen molar-refractivity contribution >= 4 is 15.9 Å². The highest BCUT2D eigenvalue weighted by molar-refractivity contribution is 7.90. The minimum Gasteiger partial charge on any atom is -0.269 e. The summed E-state index contributed by atoms with van der Waals surface area (Å²) >= 11 is 0. The highest BCUT2D eigenvalue weighted by Gasteiger charge is 2.29. The summed E-state index contributed by atoms with van der Waals surface area (Å²) in [5.74, 6) is -0.440. The number of hydrogen-bond acceptors (Lipinski definition) is 3. The van der Waals surface area contributed by atoms with Crippen molar-refractivity contribution < 1.29 is 13.2 Å². The zero-order valence-corrected chi connectivity index (χ0v) is 11.5. The molecule has 0 fully saturated rings. The molecule has 0 bridgehead atoms. The third-order valence-corrected chi connectivity index (χ3v) is 5.26. The Labute approximate surface area is 104 Å². The smallest absolute Gasteiger partial charge is 0.260 e. The van der Waals surface area contributed by atoms with Crippen LogP contribution in [0.15, 0.2) is 11.6 Å². The van der Waals surface area contributed by atoms with Gasteiger partial charge in [0.15, 0.2) is 0 Å². The van der Waals surface area contributed by atoms with Gasteiger partial charge in [0.1, 0.15) is 0 Å². The Balaban J connectivity index is 2.75. The molecule has 0 radical (unpaired) electrons. The van der Waals surface area contributed by atoms with Crippen LogP contribution >= 0.6 is 0 Å². The van der Waals surface area contributed by atoms with Crippen LogP contribution in [0.2, 0.25) is 0 Å². The Morgan fingerprint density at radius 1 is 1.47 bits per heavy atom. The Morgan fingerprint density at radius 3 is 2.53 bits per heavy atom. The molecule has 0 aromatic carbocycles. The average molecular weight is 259 g/mol. The van der Waals surface area contributed by atoms with Gasteiger partial charge in [-0.15, -0.1) is 0 Å². The standard InChI is InChI=1S/C12H21NO3S/c1-4-11(9(2)3)17(15,16)13-12(14)10-7-5-6-8-10/h7,9,11H,4-6,8H2,1-3H3,(H,13,14)/t11-/m0/s1. The quantitative estimate of drug-likeness (QED) is 0.821. The van der Waals surface area contributed by atoms with E-state index in [1.165, 1.54) is 0 Å². The van der Waals surface area contributed by atoms with Crippen LogP contribution in [0, 0.1) is 5.92 Å². The second kappa shape index (κ2) is 5.67. The first kappa shape index (κ1) is 14.2. The summed E-state index contributed by atoms with van der Waals surface area (Å²) in [6.45, 7) is 5.53. The maximum Gasteiger partial charge on any atom is 0.260 e. The molecule has 0 saturated carbocycles. The van der Waals surface area contributed by atoms with Crippen molar-refractivity contribution in [1.29, 1.82) is 0 Å². The molecule has 4 nitrogen and oxygen atoms in total. The number of hydrogen-bond donors (Lipinski definition) is 1. The number of nitrogens with one attached hydrogen (secondary N) is 1. The Hall–Kier alpha value is -0.840. The van der Waals surface area contributed by atoms with E-state index in [2.05, 4.69) is 4.72 Å². The molecule has 1 aliphatic rings. The van der Waals surface area contributed by atoms with Crippen LogP contribution < -0.4 is 4.72 Å². The van der Waals surface area contributed by atoms with Gasteiger partial charge in [0.25, 0.3) is 5.91 Å². The van der Waals surface area contributed by atoms with E-state index >= 15 is 0 Å². The van der Waals surface area contributed by atoms with E-state index in [-0.39, 0.29) is 5.92 Å². The van der Waals surface area contributed by atoms with Crippen LogP contribution in [0.3, 0.4) is 0 Å². The maximum atomic E-state index is 12.0. The number of amides is 1. The van der Waals surface area contributed by atoms with Crippen LogP contribution in [0.1, 0.15) is 46.5 Å². The highest BCUT2D eigenvalue weighted by atomic mass is 32.2. The Kier molecular flexibility index (Phi) is 4.74. The molecule has 1 amide bonds. The summed E-state index contributed by atoms with van der Waals surface area (Å²) < 4.78 is 26.2. The Bertz CT molecular complexity index is 409. The number of carbonyl (C=O) groups is 1. The van der Waals surface area contributed by atoms with Crippen LogP contribution in [-0.2, 0) is 14.8 Å². The van der Waals surface area contributed by atoms with Crippen molar-refractivity contribution in [1.82, 2.24) is 4.72 Å². The molecule has 0 aromatic rings. The van der Waals surface area contributed by atoms with Gasteiger partial charge in [-0.25, -0.2) is 13.1 Å². The van der Waals surface area contributed by atoms with Gasteiger partial charge in [-0.2, -0.15) is 0 Å². The van der Waals surface area contributed by atoms with Gasteiger partial charge < -0.3 is 0 Å². The lowest BCUT2D eigenvalue weighted by Crippen LogP contribution is -2.40. The first-order valence-electron chi connectivity index (χ1n) is 6.13. The lowest BCUT2D eigenvalue weighted by atomic mass is 10.1. The van der Waals surface area contributed by atoms with E-state index in [0.29, 0.717) is 18.4 Å². The van der Waals surface area contributed by atoms with Gasteiger partial charge in [-0.1, -0.05) is 26.8 Å². The summed E-state index contributed by atoms with van der Waals surface area (Å²) in [6.07, 6.45) is 4.81. The predicted molar refractivity (Wildman–Crippen MR) is 67.9 cm³/mol. The van der Waals surface area contributed by atoms with Gasteiger partial charge in [0, 0.05) is 5.57 Å². The van der Waals surface area contributed by atoms with Gasteiger partial charge in [0.2, 0.25) is 10.0 Å². The van der Waals surface area contributed by atoms with Crippen LogP contribution in [0.4, 0.5) is 0 Å². The number of carbonyl (C=O) groups excluding carboxylic acids is 1. The lowest BCUT2D eigenvalue weighted by molar-refractivity contribution is -0.115. The molecule has 0 aromatic heterocycles. The van der Waals surface area contributed by atoms with Gasteiger partial charge >= 0.3 is 0 Å². The van der Waals surface area contributed by atoms with E-state index in [9.17, 15) is 13.2 Å².